The lowest BCUT2D eigenvalue weighted by molar-refractivity contribution is -0.116. The Morgan fingerprint density at radius 3 is 2.64 bits per heavy atom. The predicted molar refractivity (Wildman–Crippen MR) is 97.7 cm³/mol. The Balaban J connectivity index is 1.74. The van der Waals surface area contributed by atoms with E-state index in [1.54, 1.807) is 31.2 Å². The van der Waals surface area contributed by atoms with E-state index in [1.807, 2.05) is 24.3 Å². The van der Waals surface area contributed by atoms with Gasteiger partial charge in [-0.15, -0.1) is 0 Å². The Morgan fingerprint density at radius 1 is 1.04 bits per heavy atom. The molecule has 0 saturated heterocycles. The van der Waals surface area contributed by atoms with Crippen molar-refractivity contribution in [2.24, 2.45) is 0 Å². The summed E-state index contributed by atoms with van der Waals surface area (Å²) in [4.78, 5) is 32.3. The number of fused-ring (bicyclic) bond motifs is 1. The monoisotopic (exact) mass is 334 g/mol. The van der Waals surface area contributed by atoms with Crippen LogP contribution in [-0.4, -0.2) is 27.7 Å². The Morgan fingerprint density at radius 2 is 1.84 bits per heavy atom. The molecule has 1 aromatic heterocycles. The highest BCUT2D eigenvalue weighted by atomic mass is 16.2. The molecule has 6 heteroatoms. The fourth-order valence-electron chi connectivity index (χ4n) is 2.46. The number of rotatable bonds is 5. The second kappa shape index (κ2) is 7.09. The number of nitrogens with one attached hydrogen (secondary N) is 2. The van der Waals surface area contributed by atoms with Crippen LogP contribution in [0.25, 0.3) is 10.9 Å². The molecule has 25 heavy (non-hydrogen) atoms. The number of aromatic nitrogens is 2. The summed E-state index contributed by atoms with van der Waals surface area (Å²) in [5, 5.41) is 6.77. The van der Waals surface area contributed by atoms with E-state index in [4.69, 9.17) is 0 Å². The van der Waals surface area contributed by atoms with Crippen LogP contribution in [0, 0.1) is 0 Å². The predicted octanol–water partition coefficient (Wildman–Crippen LogP) is 3.27. The van der Waals surface area contributed by atoms with Crippen LogP contribution < -0.4 is 10.6 Å². The van der Waals surface area contributed by atoms with E-state index in [-0.39, 0.29) is 11.7 Å². The molecule has 1 heterocycles. The van der Waals surface area contributed by atoms with E-state index in [9.17, 15) is 9.59 Å². The van der Waals surface area contributed by atoms with Crippen molar-refractivity contribution in [1.82, 2.24) is 9.97 Å². The minimum absolute atomic E-state index is 0.0465. The van der Waals surface area contributed by atoms with E-state index in [2.05, 4.69) is 20.6 Å². The zero-order valence-electron chi connectivity index (χ0n) is 14.0. The fraction of sp³-hybridized carbons (Fsp3) is 0.158. The second-order valence-electron chi connectivity index (χ2n) is 5.73. The molecule has 1 atom stereocenters. The minimum atomic E-state index is -0.515. The molecular formula is C19H18N4O2. The van der Waals surface area contributed by atoms with Crippen molar-refractivity contribution in [2.75, 3.05) is 10.6 Å². The van der Waals surface area contributed by atoms with Gasteiger partial charge in [0, 0.05) is 16.6 Å². The normalized spacial score (nSPS) is 11.8. The number of hydrogen-bond donors (Lipinski definition) is 2. The average Bonchev–Trinajstić information content (AvgIpc) is 2.62. The molecule has 0 radical (unpaired) electrons. The summed E-state index contributed by atoms with van der Waals surface area (Å²) in [6.07, 6.45) is 1.46. The van der Waals surface area contributed by atoms with Gasteiger partial charge in [-0.3, -0.25) is 9.59 Å². The summed E-state index contributed by atoms with van der Waals surface area (Å²) in [6.45, 7) is 3.24. The Hall–Kier alpha value is -3.28. The van der Waals surface area contributed by atoms with Crippen molar-refractivity contribution in [3.8, 4) is 0 Å². The molecule has 3 rings (SSSR count). The highest BCUT2D eigenvalue weighted by Gasteiger charge is 2.15. The molecule has 6 nitrogen and oxygen atoms in total. The summed E-state index contributed by atoms with van der Waals surface area (Å²) in [5.41, 5.74) is 1.95. The van der Waals surface area contributed by atoms with E-state index in [0.29, 0.717) is 17.1 Å². The highest BCUT2D eigenvalue weighted by Crippen LogP contribution is 2.19. The molecule has 1 amide bonds. The van der Waals surface area contributed by atoms with Gasteiger partial charge in [-0.05, 0) is 38.1 Å². The Kier molecular flexibility index (Phi) is 4.70. The standard InChI is InChI=1S/C19H18N4O2/c1-12(19(25)23-15-7-5-6-14(10-15)13(2)24)22-18-16-8-3-4-9-17(16)20-11-21-18/h3-12H,1-2H3,(H,23,25)(H,20,21,22). The fourth-order valence-corrected chi connectivity index (χ4v) is 2.46. The summed E-state index contributed by atoms with van der Waals surface area (Å²) >= 11 is 0. The maximum Gasteiger partial charge on any atom is 0.246 e. The van der Waals surface area contributed by atoms with Crippen LogP contribution >= 0.6 is 0 Å². The lowest BCUT2D eigenvalue weighted by Crippen LogP contribution is -2.32. The smallest absolute Gasteiger partial charge is 0.246 e. The molecule has 126 valence electrons. The van der Waals surface area contributed by atoms with Crippen LogP contribution in [0.4, 0.5) is 11.5 Å². The van der Waals surface area contributed by atoms with E-state index >= 15 is 0 Å². The summed E-state index contributed by atoms with van der Waals surface area (Å²) < 4.78 is 0. The van der Waals surface area contributed by atoms with E-state index < -0.39 is 6.04 Å². The molecule has 0 aliphatic rings. The average molecular weight is 334 g/mol. The molecule has 0 fully saturated rings. The van der Waals surface area contributed by atoms with Crippen molar-refractivity contribution >= 4 is 34.1 Å². The number of hydrogen-bond acceptors (Lipinski definition) is 5. The molecule has 0 aliphatic carbocycles. The summed E-state index contributed by atoms with van der Waals surface area (Å²) in [6, 6.07) is 13.9. The Labute approximate surface area is 145 Å². The number of Topliss-reactive ketones (excluding diaryl/α,β-unsaturated/α-hetero) is 1. The number of amides is 1. The third-order valence-electron chi connectivity index (χ3n) is 3.83. The molecule has 2 N–H and O–H groups in total. The van der Waals surface area contributed by atoms with Crippen LogP contribution in [-0.2, 0) is 4.79 Å². The van der Waals surface area contributed by atoms with Gasteiger partial charge in [-0.2, -0.15) is 0 Å². The topological polar surface area (TPSA) is 84.0 Å². The quantitative estimate of drug-likeness (QED) is 0.700. The number of ketones is 1. The molecule has 3 aromatic rings. The van der Waals surface area contributed by atoms with Crippen molar-refractivity contribution < 1.29 is 9.59 Å². The third kappa shape index (κ3) is 3.80. The highest BCUT2D eigenvalue weighted by molar-refractivity contribution is 6.00. The first-order chi connectivity index (χ1) is 12.0. The molecule has 0 aliphatic heterocycles. The van der Waals surface area contributed by atoms with E-state index in [1.165, 1.54) is 13.3 Å². The first-order valence-electron chi connectivity index (χ1n) is 7.93. The maximum absolute atomic E-state index is 12.4. The van der Waals surface area contributed by atoms with Gasteiger partial charge in [-0.25, -0.2) is 9.97 Å². The molecule has 1 unspecified atom stereocenters. The maximum atomic E-state index is 12.4. The molecule has 0 spiro atoms. The largest absolute Gasteiger partial charge is 0.358 e. The summed E-state index contributed by atoms with van der Waals surface area (Å²) in [5.74, 6) is 0.337. The first kappa shape index (κ1) is 16.6. The van der Waals surface area contributed by atoms with Crippen molar-refractivity contribution in [2.45, 2.75) is 19.9 Å². The lowest BCUT2D eigenvalue weighted by Gasteiger charge is -2.16. The van der Waals surface area contributed by atoms with Gasteiger partial charge in [0.15, 0.2) is 5.78 Å². The number of carbonyl (C=O) groups is 2. The third-order valence-corrected chi connectivity index (χ3v) is 3.83. The van der Waals surface area contributed by atoms with Crippen LogP contribution in [0.2, 0.25) is 0 Å². The number of carbonyl (C=O) groups excluding carboxylic acids is 2. The molecule has 0 bridgehead atoms. The van der Waals surface area contributed by atoms with Crippen molar-refractivity contribution in [3.05, 3.63) is 60.4 Å². The van der Waals surface area contributed by atoms with E-state index in [0.717, 1.165) is 10.9 Å². The van der Waals surface area contributed by atoms with Crippen LogP contribution in [0.5, 0.6) is 0 Å². The van der Waals surface area contributed by atoms with Gasteiger partial charge in [0.25, 0.3) is 0 Å². The van der Waals surface area contributed by atoms with Crippen LogP contribution in [0.15, 0.2) is 54.9 Å². The zero-order chi connectivity index (χ0) is 17.8. The van der Waals surface area contributed by atoms with Crippen LogP contribution in [0.1, 0.15) is 24.2 Å². The molecule has 0 saturated carbocycles. The Bertz CT molecular complexity index is 934. The van der Waals surface area contributed by atoms with Gasteiger partial charge < -0.3 is 10.6 Å². The molecule has 2 aromatic carbocycles. The summed E-state index contributed by atoms with van der Waals surface area (Å²) in [7, 11) is 0. The number of anilines is 2. The van der Waals surface area contributed by atoms with Crippen molar-refractivity contribution in [3.63, 3.8) is 0 Å². The van der Waals surface area contributed by atoms with Crippen LogP contribution in [0.3, 0.4) is 0 Å². The number of nitrogens with zero attached hydrogens (tertiary/aromatic N) is 2. The number of para-hydroxylation sites is 1. The SMILES string of the molecule is CC(=O)c1cccc(NC(=O)C(C)Nc2ncnc3ccccc23)c1. The van der Waals surface area contributed by atoms with Crippen molar-refractivity contribution in [1.29, 1.82) is 0 Å². The second-order valence-corrected chi connectivity index (χ2v) is 5.73. The van der Waals surface area contributed by atoms with Gasteiger partial charge in [0.2, 0.25) is 5.91 Å². The molecular weight excluding hydrogens is 316 g/mol. The van der Waals surface area contributed by atoms with Gasteiger partial charge in [0.1, 0.15) is 18.2 Å². The first-order valence-corrected chi connectivity index (χ1v) is 7.93. The van der Waals surface area contributed by atoms with Gasteiger partial charge in [0.05, 0.1) is 5.52 Å². The van der Waals surface area contributed by atoms with Gasteiger partial charge >= 0.3 is 0 Å². The number of benzene rings is 2. The minimum Gasteiger partial charge on any atom is -0.358 e. The van der Waals surface area contributed by atoms with Gasteiger partial charge in [-0.1, -0.05) is 24.3 Å². The lowest BCUT2D eigenvalue weighted by atomic mass is 10.1. The zero-order valence-corrected chi connectivity index (χ0v) is 14.0.